The van der Waals surface area contributed by atoms with Gasteiger partial charge in [-0.1, -0.05) is 6.92 Å². The van der Waals surface area contributed by atoms with Crippen molar-refractivity contribution in [3.8, 4) is 0 Å². The van der Waals surface area contributed by atoms with Crippen LogP contribution in [0.1, 0.15) is 23.7 Å². The van der Waals surface area contributed by atoms with Gasteiger partial charge in [-0.25, -0.2) is 9.78 Å². The third-order valence-electron chi connectivity index (χ3n) is 2.79. The molecule has 0 aliphatic rings. The molecule has 0 bridgehead atoms. The van der Waals surface area contributed by atoms with Gasteiger partial charge in [-0.2, -0.15) is 0 Å². The minimum absolute atomic E-state index is 0.0443. The summed E-state index contributed by atoms with van der Waals surface area (Å²) in [6, 6.07) is -0.242. The number of aliphatic hydroxyl groups is 1. The van der Waals surface area contributed by atoms with E-state index in [9.17, 15) is 4.79 Å². The van der Waals surface area contributed by atoms with Crippen LogP contribution in [0.3, 0.4) is 0 Å². The number of rotatable bonds is 6. The summed E-state index contributed by atoms with van der Waals surface area (Å²) < 4.78 is 0. The number of carbonyl (C=O) groups is 1. The first-order valence-corrected chi connectivity index (χ1v) is 6.91. The fourth-order valence-electron chi connectivity index (χ4n) is 1.36. The highest BCUT2D eigenvalue weighted by atomic mass is 32.1. The van der Waals surface area contributed by atoms with Crippen LogP contribution in [-0.4, -0.2) is 35.3 Å². The van der Waals surface area contributed by atoms with Gasteiger partial charge in [0.05, 0.1) is 5.01 Å². The molecule has 0 aliphatic heterocycles. The number of carbonyl (C=O) groups excluding carboxylic acids is 1. The van der Waals surface area contributed by atoms with Crippen molar-refractivity contribution < 1.29 is 9.90 Å². The van der Waals surface area contributed by atoms with E-state index >= 15 is 0 Å². The summed E-state index contributed by atoms with van der Waals surface area (Å²) in [5.41, 5.74) is 0. The molecule has 6 heteroatoms. The van der Waals surface area contributed by atoms with Crippen molar-refractivity contribution in [2.75, 3.05) is 13.2 Å². The Labute approximate surface area is 112 Å². The van der Waals surface area contributed by atoms with Crippen molar-refractivity contribution in [3.63, 3.8) is 0 Å². The minimum Gasteiger partial charge on any atom is -0.396 e. The van der Waals surface area contributed by atoms with Crippen LogP contribution >= 0.6 is 11.3 Å². The summed E-state index contributed by atoms with van der Waals surface area (Å²) in [5, 5.41) is 15.6. The van der Waals surface area contributed by atoms with Gasteiger partial charge in [0.25, 0.3) is 0 Å². The highest BCUT2D eigenvalue weighted by molar-refractivity contribution is 7.11. The fraction of sp³-hybridized carbons (Fsp3) is 0.667. The Morgan fingerprint density at radius 3 is 2.83 bits per heavy atom. The Morgan fingerprint density at radius 1 is 1.56 bits per heavy atom. The summed E-state index contributed by atoms with van der Waals surface area (Å²) in [5.74, 6) is 0.0531. The quantitative estimate of drug-likeness (QED) is 0.730. The molecule has 1 heterocycles. The van der Waals surface area contributed by atoms with E-state index in [-0.39, 0.29) is 24.6 Å². The normalized spacial score (nSPS) is 14.0. The molecule has 1 aromatic heterocycles. The lowest BCUT2D eigenvalue weighted by Crippen LogP contribution is -2.44. The lowest BCUT2D eigenvalue weighted by Gasteiger charge is -2.19. The number of nitrogens with one attached hydrogen (secondary N) is 2. The van der Waals surface area contributed by atoms with Crippen LogP contribution in [0.5, 0.6) is 0 Å². The summed E-state index contributed by atoms with van der Waals surface area (Å²) in [6.45, 7) is 6.42. The van der Waals surface area contributed by atoms with Crippen molar-refractivity contribution in [1.82, 2.24) is 15.6 Å². The van der Waals surface area contributed by atoms with Gasteiger partial charge in [-0.15, -0.1) is 11.3 Å². The third-order valence-corrected chi connectivity index (χ3v) is 3.77. The Balaban J connectivity index is 2.21. The van der Waals surface area contributed by atoms with Crippen molar-refractivity contribution in [1.29, 1.82) is 0 Å². The molecular weight excluding hydrogens is 250 g/mol. The maximum atomic E-state index is 11.5. The largest absolute Gasteiger partial charge is 0.396 e. The van der Waals surface area contributed by atoms with Crippen LogP contribution in [-0.2, 0) is 6.42 Å². The Bertz CT molecular complexity index is 381. The summed E-state index contributed by atoms with van der Waals surface area (Å²) >= 11 is 1.65. The zero-order valence-electron chi connectivity index (χ0n) is 11.1. The number of hydrogen-bond donors (Lipinski definition) is 3. The topological polar surface area (TPSA) is 74.2 Å². The Kier molecular flexibility index (Phi) is 6.07. The molecular formula is C12H21N3O2S. The Hall–Kier alpha value is -1.14. The predicted octanol–water partition coefficient (Wildman–Crippen LogP) is 1.31. The van der Waals surface area contributed by atoms with Gasteiger partial charge in [0, 0.05) is 36.7 Å². The molecule has 0 spiro atoms. The minimum atomic E-state index is -0.198. The van der Waals surface area contributed by atoms with Crippen molar-refractivity contribution in [2.24, 2.45) is 5.92 Å². The number of thiazole rings is 1. The van der Waals surface area contributed by atoms with Crippen molar-refractivity contribution >= 4 is 17.4 Å². The van der Waals surface area contributed by atoms with E-state index in [1.165, 1.54) is 4.88 Å². The van der Waals surface area contributed by atoms with Crippen LogP contribution in [0.25, 0.3) is 0 Å². The molecule has 0 fully saturated rings. The van der Waals surface area contributed by atoms with Crippen molar-refractivity contribution in [3.05, 3.63) is 16.1 Å². The average Bonchev–Trinajstić information content (AvgIpc) is 2.73. The fourth-order valence-corrected chi connectivity index (χ4v) is 2.14. The van der Waals surface area contributed by atoms with E-state index in [2.05, 4.69) is 15.6 Å². The van der Waals surface area contributed by atoms with Crippen LogP contribution in [0, 0.1) is 12.8 Å². The van der Waals surface area contributed by atoms with Gasteiger partial charge in [-0.3, -0.25) is 0 Å². The van der Waals surface area contributed by atoms with Gasteiger partial charge in [0.1, 0.15) is 0 Å². The van der Waals surface area contributed by atoms with Crippen LogP contribution in [0.4, 0.5) is 4.79 Å². The molecule has 5 nitrogen and oxygen atoms in total. The SMILES string of the molecule is Cc1cnc(CCNC(=O)N[C@@H](C)[C@H](C)CO)s1. The molecule has 0 saturated heterocycles. The second-order valence-electron chi connectivity index (χ2n) is 4.46. The summed E-state index contributed by atoms with van der Waals surface area (Å²) in [6.07, 6.45) is 2.58. The summed E-state index contributed by atoms with van der Waals surface area (Å²) in [7, 11) is 0. The standard InChI is InChI=1S/C12H21N3O2S/c1-8(7-16)10(3)15-12(17)13-5-4-11-14-6-9(2)18-11/h6,8,10,16H,4-5,7H2,1-3H3,(H2,13,15,17)/t8-,10+/m1/s1. The first-order valence-electron chi connectivity index (χ1n) is 6.09. The van der Waals surface area contributed by atoms with E-state index < -0.39 is 0 Å². The molecule has 0 saturated carbocycles. The van der Waals surface area contributed by atoms with E-state index in [1.807, 2.05) is 27.0 Å². The zero-order valence-corrected chi connectivity index (χ0v) is 11.9. The molecule has 1 aromatic rings. The predicted molar refractivity (Wildman–Crippen MR) is 72.8 cm³/mol. The number of hydrogen-bond acceptors (Lipinski definition) is 4. The van der Waals surface area contributed by atoms with Gasteiger partial charge >= 0.3 is 6.03 Å². The first kappa shape index (κ1) is 14.9. The lowest BCUT2D eigenvalue weighted by molar-refractivity contribution is 0.200. The summed E-state index contributed by atoms with van der Waals surface area (Å²) in [4.78, 5) is 17.0. The van der Waals surface area contributed by atoms with E-state index in [1.54, 1.807) is 11.3 Å². The van der Waals surface area contributed by atoms with Gasteiger partial charge in [-0.05, 0) is 19.8 Å². The molecule has 0 aromatic carbocycles. The van der Waals surface area contributed by atoms with E-state index in [4.69, 9.17) is 5.11 Å². The molecule has 0 unspecified atom stereocenters. The van der Waals surface area contributed by atoms with Crippen LogP contribution in [0.15, 0.2) is 6.20 Å². The number of nitrogens with zero attached hydrogens (tertiary/aromatic N) is 1. The molecule has 0 radical (unpaired) electrons. The number of aryl methyl sites for hydroxylation is 1. The molecule has 3 N–H and O–H groups in total. The van der Waals surface area contributed by atoms with E-state index in [0.717, 1.165) is 11.4 Å². The number of aliphatic hydroxyl groups excluding tert-OH is 1. The Morgan fingerprint density at radius 2 is 2.28 bits per heavy atom. The molecule has 2 atom stereocenters. The maximum Gasteiger partial charge on any atom is 0.315 e. The maximum absolute atomic E-state index is 11.5. The molecule has 102 valence electrons. The monoisotopic (exact) mass is 271 g/mol. The smallest absolute Gasteiger partial charge is 0.315 e. The highest BCUT2D eigenvalue weighted by Crippen LogP contribution is 2.10. The van der Waals surface area contributed by atoms with Crippen LogP contribution in [0.2, 0.25) is 0 Å². The molecule has 2 amide bonds. The van der Waals surface area contributed by atoms with Gasteiger partial charge in [0.2, 0.25) is 0 Å². The molecule has 18 heavy (non-hydrogen) atoms. The zero-order chi connectivity index (χ0) is 13.5. The van der Waals surface area contributed by atoms with Crippen molar-refractivity contribution in [2.45, 2.75) is 33.2 Å². The lowest BCUT2D eigenvalue weighted by atomic mass is 10.1. The number of aromatic nitrogens is 1. The highest BCUT2D eigenvalue weighted by Gasteiger charge is 2.13. The van der Waals surface area contributed by atoms with E-state index in [0.29, 0.717) is 6.54 Å². The van der Waals surface area contributed by atoms with Gasteiger partial charge in [0.15, 0.2) is 0 Å². The second kappa shape index (κ2) is 7.33. The van der Waals surface area contributed by atoms with Gasteiger partial charge < -0.3 is 15.7 Å². The molecule has 0 aliphatic carbocycles. The van der Waals surface area contributed by atoms with Crippen LogP contribution < -0.4 is 10.6 Å². The molecule has 1 rings (SSSR count). The first-order chi connectivity index (χ1) is 8.52. The second-order valence-corrected chi connectivity index (χ2v) is 5.78. The third kappa shape index (κ3) is 5.01. The average molecular weight is 271 g/mol. The number of urea groups is 1. The number of amides is 2.